The quantitative estimate of drug-likeness (QED) is 0.882. The van der Waals surface area contributed by atoms with Crippen LogP contribution in [0.5, 0.6) is 0 Å². The first-order valence-corrected chi connectivity index (χ1v) is 6.83. The van der Waals surface area contributed by atoms with Gasteiger partial charge in [0, 0.05) is 24.2 Å². The maximum absolute atomic E-state index is 4.43. The molecule has 0 fully saturated rings. The molecule has 0 aliphatic heterocycles. The summed E-state index contributed by atoms with van der Waals surface area (Å²) in [6.45, 7) is 2.22. The van der Waals surface area contributed by atoms with Crippen LogP contribution >= 0.6 is 11.3 Å². The number of nitrogens with zero attached hydrogens (tertiary/aromatic N) is 2. The van der Waals surface area contributed by atoms with E-state index in [0.717, 1.165) is 5.69 Å². The van der Waals surface area contributed by atoms with E-state index in [9.17, 15) is 0 Å². The SMILES string of the molecule is CCCC(NC)c1ccc(-c2ccn(C)n2)s1. The molecule has 2 heterocycles. The van der Waals surface area contributed by atoms with Gasteiger partial charge >= 0.3 is 0 Å². The zero-order chi connectivity index (χ0) is 12.3. The highest BCUT2D eigenvalue weighted by Gasteiger charge is 2.12. The summed E-state index contributed by atoms with van der Waals surface area (Å²) in [4.78, 5) is 2.65. The van der Waals surface area contributed by atoms with Gasteiger partial charge in [0.05, 0.1) is 4.88 Å². The minimum absolute atomic E-state index is 0.475. The number of aryl methyl sites for hydroxylation is 1. The molecule has 3 nitrogen and oxygen atoms in total. The highest BCUT2D eigenvalue weighted by atomic mass is 32.1. The molecule has 0 amide bonds. The Morgan fingerprint density at radius 2 is 2.24 bits per heavy atom. The minimum Gasteiger partial charge on any atom is -0.312 e. The maximum Gasteiger partial charge on any atom is 0.102 e. The molecule has 2 aromatic rings. The van der Waals surface area contributed by atoms with Crippen LogP contribution in [-0.4, -0.2) is 16.8 Å². The zero-order valence-corrected chi connectivity index (χ0v) is 11.4. The summed E-state index contributed by atoms with van der Waals surface area (Å²) in [6.07, 6.45) is 4.36. The third-order valence-corrected chi connectivity index (χ3v) is 4.08. The van der Waals surface area contributed by atoms with Crippen LogP contribution in [0.4, 0.5) is 0 Å². The van der Waals surface area contributed by atoms with Crippen molar-refractivity contribution >= 4 is 11.3 Å². The third-order valence-electron chi connectivity index (χ3n) is 2.86. The molecule has 1 unspecified atom stereocenters. The first-order valence-electron chi connectivity index (χ1n) is 6.01. The normalized spacial score (nSPS) is 12.9. The van der Waals surface area contributed by atoms with E-state index in [2.05, 4.69) is 35.5 Å². The molecular formula is C13H19N3S. The summed E-state index contributed by atoms with van der Waals surface area (Å²) in [7, 11) is 3.98. The Morgan fingerprint density at radius 3 is 2.82 bits per heavy atom. The van der Waals surface area contributed by atoms with Crippen molar-refractivity contribution in [3.05, 3.63) is 29.3 Å². The maximum atomic E-state index is 4.43. The standard InChI is InChI=1S/C13H19N3S/c1-4-5-10(14-2)12-6-7-13(17-12)11-8-9-16(3)15-11/h6-10,14H,4-5H2,1-3H3. The van der Waals surface area contributed by atoms with Crippen molar-refractivity contribution in [2.75, 3.05) is 7.05 Å². The number of rotatable bonds is 5. The molecule has 0 bridgehead atoms. The van der Waals surface area contributed by atoms with Gasteiger partial charge in [-0.1, -0.05) is 13.3 Å². The van der Waals surface area contributed by atoms with Gasteiger partial charge in [-0.15, -0.1) is 11.3 Å². The van der Waals surface area contributed by atoms with Crippen molar-refractivity contribution in [3.8, 4) is 10.6 Å². The number of hydrogen-bond acceptors (Lipinski definition) is 3. The molecule has 2 aromatic heterocycles. The van der Waals surface area contributed by atoms with Crippen molar-refractivity contribution < 1.29 is 0 Å². The Hall–Kier alpha value is -1.13. The van der Waals surface area contributed by atoms with Crippen LogP contribution in [0.2, 0.25) is 0 Å². The average molecular weight is 249 g/mol. The lowest BCUT2D eigenvalue weighted by Crippen LogP contribution is -2.14. The summed E-state index contributed by atoms with van der Waals surface area (Å²) >= 11 is 1.83. The molecule has 92 valence electrons. The van der Waals surface area contributed by atoms with Gasteiger partial charge < -0.3 is 5.32 Å². The summed E-state index contributed by atoms with van der Waals surface area (Å²) < 4.78 is 1.84. The topological polar surface area (TPSA) is 29.9 Å². The van der Waals surface area contributed by atoms with E-state index in [1.807, 2.05) is 36.3 Å². The fraction of sp³-hybridized carbons (Fsp3) is 0.462. The van der Waals surface area contributed by atoms with Gasteiger partial charge in [-0.25, -0.2) is 0 Å². The molecule has 1 atom stereocenters. The molecule has 0 aliphatic rings. The van der Waals surface area contributed by atoms with Crippen LogP contribution in [0.1, 0.15) is 30.7 Å². The zero-order valence-electron chi connectivity index (χ0n) is 10.6. The molecular weight excluding hydrogens is 230 g/mol. The Balaban J connectivity index is 2.20. The monoisotopic (exact) mass is 249 g/mol. The van der Waals surface area contributed by atoms with E-state index in [4.69, 9.17) is 0 Å². The molecule has 0 radical (unpaired) electrons. The molecule has 0 saturated carbocycles. The summed E-state index contributed by atoms with van der Waals surface area (Å²) in [5, 5.41) is 7.81. The number of hydrogen-bond donors (Lipinski definition) is 1. The summed E-state index contributed by atoms with van der Waals surface area (Å²) in [6, 6.07) is 6.92. The van der Waals surface area contributed by atoms with Crippen LogP contribution in [-0.2, 0) is 7.05 Å². The van der Waals surface area contributed by atoms with Gasteiger partial charge in [0.2, 0.25) is 0 Å². The summed E-state index contributed by atoms with van der Waals surface area (Å²) in [5.41, 5.74) is 1.06. The average Bonchev–Trinajstić information content (AvgIpc) is 2.94. The van der Waals surface area contributed by atoms with E-state index < -0.39 is 0 Å². The molecule has 17 heavy (non-hydrogen) atoms. The molecule has 2 rings (SSSR count). The Bertz CT molecular complexity index is 472. The second-order valence-corrected chi connectivity index (χ2v) is 5.32. The highest BCUT2D eigenvalue weighted by molar-refractivity contribution is 7.15. The van der Waals surface area contributed by atoms with Gasteiger partial charge in [-0.3, -0.25) is 4.68 Å². The smallest absolute Gasteiger partial charge is 0.102 e. The van der Waals surface area contributed by atoms with E-state index >= 15 is 0 Å². The summed E-state index contributed by atoms with van der Waals surface area (Å²) in [5.74, 6) is 0. The third kappa shape index (κ3) is 2.76. The lowest BCUT2D eigenvalue weighted by Gasteiger charge is -2.12. The van der Waals surface area contributed by atoms with Gasteiger partial charge in [0.15, 0.2) is 0 Å². The van der Waals surface area contributed by atoms with Crippen LogP contribution < -0.4 is 5.32 Å². The van der Waals surface area contributed by atoms with Gasteiger partial charge in [-0.2, -0.15) is 5.10 Å². The molecule has 0 aliphatic carbocycles. The largest absolute Gasteiger partial charge is 0.312 e. The molecule has 4 heteroatoms. The van der Waals surface area contributed by atoms with E-state index in [0.29, 0.717) is 6.04 Å². The van der Waals surface area contributed by atoms with E-state index in [-0.39, 0.29) is 0 Å². The molecule has 1 N–H and O–H groups in total. The second-order valence-electron chi connectivity index (χ2n) is 4.21. The van der Waals surface area contributed by atoms with Crippen LogP contribution in [0, 0.1) is 0 Å². The van der Waals surface area contributed by atoms with Crippen molar-refractivity contribution in [3.63, 3.8) is 0 Å². The lowest BCUT2D eigenvalue weighted by atomic mass is 10.1. The van der Waals surface area contributed by atoms with E-state index in [1.165, 1.54) is 22.6 Å². The van der Waals surface area contributed by atoms with Crippen molar-refractivity contribution in [2.45, 2.75) is 25.8 Å². The van der Waals surface area contributed by atoms with E-state index in [1.54, 1.807) is 0 Å². The minimum atomic E-state index is 0.475. The van der Waals surface area contributed by atoms with Crippen molar-refractivity contribution in [2.24, 2.45) is 7.05 Å². The highest BCUT2D eigenvalue weighted by Crippen LogP contribution is 2.31. The van der Waals surface area contributed by atoms with Crippen molar-refractivity contribution in [1.82, 2.24) is 15.1 Å². The first-order chi connectivity index (χ1) is 8.24. The Morgan fingerprint density at radius 1 is 1.41 bits per heavy atom. The van der Waals surface area contributed by atoms with Crippen LogP contribution in [0.25, 0.3) is 10.6 Å². The lowest BCUT2D eigenvalue weighted by molar-refractivity contribution is 0.550. The van der Waals surface area contributed by atoms with Gasteiger partial charge in [0.25, 0.3) is 0 Å². The Labute approximate surface area is 106 Å². The predicted octanol–water partition coefficient (Wildman–Crippen LogP) is 3.21. The second kappa shape index (κ2) is 5.47. The van der Waals surface area contributed by atoms with Crippen LogP contribution in [0.15, 0.2) is 24.4 Å². The molecule has 0 spiro atoms. The fourth-order valence-corrected chi connectivity index (χ4v) is 3.06. The Kier molecular flexibility index (Phi) is 3.97. The molecule has 0 aromatic carbocycles. The fourth-order valence-electron chi connectivity index (χ4n) is 1.94. The number of aromatic nitrogens is 2. The predicted molar refractivity (Wildman–Crippen MR) is 73.2 cm³/mol. The van der Waals surface area contributed by atoms with Crippen LogP contribution in [0.3, 0.4) is 0 Å². The van der Waals surface area contributed by atoms with Gasteiger partial charge in [0.1, 0.15) is 5.69 Å². The van der Waals surface area contributed by atoms with Gasteiger partial charge in [-0.05, 0) is 31.7 Å². The number of nitrogens with one attached hydrogen (secondary N) is 1. The molecule has 0 saturated heterocycles. The number of thiophene rings is 1. The first kappa shape index (κ1) is 12.3. The van der Waals surface area contributed by atoms with Crippen molar-refractivity contribution in [1.29, 1.82) is 0 Å².